The fraction of sp³-hybridized carbons (Fsp3) is 0.200. The van der Waals surface area contributed by atoms with E-state index in [1.807, 2.05) is 0 Å². The van der Waals surface area contributed by atoms with Crippen LogP contribution in [0.2, 0.25) is 0 Å². The van der Waals surface area contributed by atoms with E-state index in [9.17, 15) is 0 Å². The lowest BCUT2D eigenvalue weighted by molar-refractivity contribution is 0.430. The van der Waals surface area contributed by atoms with Crippen molar-refractivity contribution in [3.8, 4) is 11.9 Å². The van der Waals surface area contributed by atoms with Crippen molar-refractivity contribution in [3.63, 3.8) is 0 Å². The van der Waals surface area contributed by atoms with Crippen LogP contribution in [-0.4, -0.2) is 14.7 Å². The first-order valence-electron chi connectivity index (χ1n) is 2.36. The van der Waals surface area contributed by atoms with Gasteiger partial charge in [0.1, 0.15) is 6.07 Å². The first-order valence-corrected chi connectivity index (χ1v) is 2.36. The second kappa shape index (κ2) is 1.78. The Morgan fingerprint density at radius 3 is 2.78 bits per heavy atom. The summed E-state index contributed by atoms with van der Waals surface area (Å²) in [6.45, 7) is 0. The van der Waals surface area contributed by atoms with E-state index in [0.29, 0.717) is 0 Å². The zero-order valence-electron chi connectivity index (χ0n) is 4.87. The van der Waals surface area contributed by atoms with E-state index in [0.717, 1.165) is 0 Å². The third-order valence-corrected chi connectivity index (χ3v) is 1.01. The number of aryl methyl sites for hydroxylation is 1. The maximum Gasteiger partial charge on any atom is 0.229 e. The SMILES string of the molecule is Cn1cnc(C#N)c1O. The highest BCUT2D eigenvalue weighted by atomic mass is 16.3. The van der Waals surface area contributed by atoms with E-state index in [-0.39, 0.29) is 11.6 Å². The molecule has 1 N–H and O–H groups in total. The molecule has 0 aliphatic rings. The van der Waals surface area contributed by atoms with Gasteiger partial charge in [-0.05, 0) is 0 Å². The van der Waals surface area contributed by atoms with Gasteiger partial charge in [0.2, 0.25) is 11.6 Å². The molecule has 0 saturated heterocycles. The largest absolute Gasteiger partial charge is 0.492 e. The van der Waals surface area contributed by atoms with Gasteiger partial charge in [-0.1, -0.05) is 0 Å². The Bertz CT molecular complexity index is 258. The topological polar surface area (TPSA) is 61.8 Å². The smallest absolute Gasteiger partial charge is 0.229 e. The molecule has 0 radical (unpaired) electrons. The van der Waals surface area contributed by atoms with Gasteiger partial charge in [-0.3, -0.25) is 0 Å². The Hall–Kier alpha value is -1.50. The van der Waals surface area contributed by atoms with Crippen LogP contribution in [0.3, 0.4) is 0 Å². The molecule has 4 nitrogen and oxygen atoms in total. The van der Waals surface area contributed by atoms with Gasteiger partial charge in [0.25, 0.3) is 0 Å². The zero-order chi connectivity index (χ0) is 6.85. The third-order valence-electron chi connectivity index (χ3n) is 1.01. The fourth-order valence-electron chi connectivity index (χ4n) is 0.503. The van der Waals surface area contributed by atoms with E-state index in [1.54, 1.807) is 13.1 Å². The summed E-state index contributed by atoms with van der Waals surface area (Å²) in [5.41, 5.74) is 0.0671. The van der Waals surface area contributed by atoms with Crippen molar-refractivity contribution in [2.24, 2.45) is 7.05 Å². The third kappa shape index (κ3) is 0.722. The van der Waals surface area contributed by atoms with Gasteiger partial charge in [-0.2, -0.15) is 5.26 Å². The molecule has 0 saturated carbocycles. The highest BCUT2D eigenvalue weighted by Gasteiger charge is 2.03. The number of hydrogen-bond donors (Lipinski definition) is 1. The minimum absolute atomic E-state index is 0.0671. The maximum atomic E-state index is 8.92. The molecular weight excluding hydrogens is 118 g/mol. The van der Waals surface area contributed by atoms with Crippen LogP contribution in [0, 0.1) is 11.3 Å². The second-order valence-electron chi connectivity index (χ2n) is 1.64. The average molecular weight is 123 g/mol. The molecule has 1 heterocycles. The van der Waals surface area contributed by atoms with Gasteiger partial charge in [-0.15, -0.1) is 0 Å². The summed E-state index contributed by atoms with van der Waals surface area (Å²) >= 11 is 0. The lowest BCUT2D eigenvalue weighted by Gasteiger charge is -1.88. The minimum atomic E-state index is -0.0856. The molecule has 1 aromatic heterocycles. The zero-order valence-corrected chi connectivity index (χ0v) is 4.87. The van der Waals surface area contributed by atoms with Gasteiger partial charge in [0, 0.05) is 7.05 Å². The number of aromatic hydroxyl groups is 1. The van der Waals surface area contributed by atoms with Crippen molar-refractivity contribution < 1.29 is 5.11 Å². The van der Waals surface area contributed by atoms with E-state index in [1.165, 1.54) is 10.9 Å². The molecule has 4 heteroatoms. The maximum absolute atomic E-state index is 8.92. The molecule has 46 valence electrons. The summed E-state index contributed by atoms with van der Waals surface area (Å²) in [4.78, 5) is 3.59. The van der Waals surface area contributed by atoms with E-state index in [2.05, 4.69) is 4.98 Å². The summed E-state index contributed by atoms with van der Waals surface area (Å²) in [6.07, 6.45) is 1.38. The molecule has 0 fully saturated rings. The van der Waals surface area contributed by atoms with Crippen LogP contribution in [0.4, 0.5) is 0 Å². The fourth-order valence-corrected chi connectivity index (χ4v) is 0.503. The summed E-state index contributed by atoms with van der Waals surface area (Å²) in [6, 6.07) is 1.73. The standard InChI is InChI=1S/C5H5N3O/c1-8-3-7-4(2-6)5(8)9/h3,9H,1H3. The van der Waals surface area contributed by atoms with E-state index in [4.69, 9.17) is 10.4 Å². The number of aromatic nitrogens is 2. The molecule has 0 atom stereocenters. The molecule has 0 aliphatic carbocycles. The van der Waals surface area contributed by atoms with Gasteiger partial charge in [0.15, 0.2) is 0 Å². The summed E-state index contributed by atoms with van der Waals surface area (Å²) in [5, 5.41) is 17.2. The first kappa shape index (κ1) is 5.63. The predicted octanol–water partition coefficient (Wildman–Crippen LogP) is -0.00262. The van der Waals surface area contributed by atoms with Crippen molar-refractivity contribution in [3.05, 3.63) is 12.0 Å². The van der Waals surface area contributed by atoms with Crippen molar-refractivity contribution >= 4 is 0 Å². The quantitative estimate of drug-likeness (QED) is 0.528. The Labute approximate surface area is 52.0 Å². The van der Waals surface area contributed by atoms with Crippen molar-refractivity contribution in [1.82, 2.24) is 9.55 Å². The Kier molecular flexibility index (Phi) is 1.12. The van der Waals surface area contributed by atoms with Gasteiger partial charge in [-0.25, -0.2) is 4.98 Å². The predicted molar refractivity (Wildman–Crippen MR) is 29.6 cm³/mol. The number of nitriles is 1. The number of imidazole rings is 1. The van der Waals surface area contributed by atoms with Crippen LogP contribution >= 0.6 is 0 Å². The highest BCUT2D eigenvalue weighted by Crippen LogP contribution is 2.10. The molecular formula is C5H5N3O. The average Bonchev–Trinajstić information content (AvgIpc) is 2.15. The van der Waals surface area contributed by atoms with Crippen LogP contribution in [0.5, 0.6) is 5.88 Å². The molecule has 0 aliphatic heterocycles. The lowest BCUT2D eigenvalue weighted by Crippen LogP contribution is -1.81. The van der Waals surface area contributed by atoms with Crippen LogP contribution < -0.4 is 0 Å². The van der Waals surface area contributed by atoms with Crippen LogP contribution in [0.15, 0.2) is 6.33 Å². The number of nitrogens with zero attached hydrogens (tertiary/aromatic N) is 3. The molecule has 1 rings (SSSR count). The van der Waals surface area contributed by atoms with Crippen molar-refractivity contribution in [2.75, 3.05) is 0 Å². The van der Waals surface area contributed by atoms with Crippen molar-refractivity contribution in [2.45, 2.75) is 0 Å². The normalized spacial score (nSPS) is 8.89. The second-order valence-corrected chi connectivity index (χ2v) is 1.64. The Morgan fingerprint density at radius 1 is 1.89 bits per heavy atom. The molecule has 0 amide bonds. The molecule has 0 bridgehead atoms. The molecule has 0 spiro atoms. The monoisotopic (exact) mass is 123 g/mol. The van der Waals surface area contributed by atoms with Gasteiger partial charge < -0.3 is 9.67 Å². The summed E-state index contributed by atoms with van der Waals surface area (Å²) in [7, 11) is 1.61. The highest BCUT2D eigenvalue weighted by molar-refractivity contribution is 5.30. The van der Waals surface area contributed by atoms with Gasteiger partial charge in [0.05, 0.1) is 6.33 Å². The molecule has 1 aromatic rings. The number of hydrogen-bond acceptors (Lipinski definition) is 3. The van der Waals surface area contributed by atoms with Gasteiger partial charge >= 0.3 is 0 Å². The molecule has 9 heavy (non-hydrogen) atoms. The number of rotatable bonds is 0. The lowest BCUT2D eigenvalue weighted by atomic mass is 10.5. The van der Waals surface area contributed by atoms with Crippen molar-refractivity contribution in [1.29, 1.82) is 5.26 Å². The Morgan fingerprint density at radius 2 is 2.56 bits per heavy atom. The van der Waals surface area contributed by atoms with Crippen LogP contribution in [-0.2, 0) is 7.05 Å². The summed E-state index contributed by atoms with van der Waals surface area (Å²) in [5.74, 6) is -0.0856. The molecule has 0 unspecified atom stereocenters. The Balaban J connectivity index is 3.24. The minimum Gasteiger partial charge on any atom is -0.492 e. The van der Waals surface area contributed by atoms with Crippen LogP contribution in [0.1, 0.15) is 5.69 Å². The first-order chi connectivity index (χ1) is 4.25. The van der Waals surface area contributed by atoms with Crippen LogP contribution in [0.25, 0.3) is 0 Å². The van der Waals surface area contributed by atoms with E-state index >= 15 is 0 Å². The van der Waals surface area contributed by atoms with E-state index < -0.39 is 0 Å². The summed E-state index contributed by atoms with van der Waals surface area (Å²) < 4.78 is 1.37. The molecule has 0 aromatic carbocycles.